The minimum absolute atomic E-state index is 0. The molecule has 0 aliphatic rings. The van der Waals surface area contributed by atoms with E-state index >= 15 is 0 Å². The number of halogens is 3. The molecular weight excluding hydrogens is 453 g/mol. The van der Waals surface area contributed by atoms with Gasteiger partial charge in [0, 0.05) is 17.6 Å². The van der Waals surface area contributed by atoms with Crippen LogP contribution in [0.4, 0.5) is 11.6 Å². The number of nitrogens with zero attached hydrogens (tertiary/aromatic N) is 3. The van der Waals surface area contributed by atoms with E-state index in [2.05, 4.69) is 49.1 Å². The Labute approximate surface area is 156 Å². The molecule has 0 atom stereocenters. The maximum atomic E-state index is 11.4. The largest absolute Gasteiger partial charge is 0.356 e. The van der Waals surface area contributed by atoms with Crippen molar-refractivity contribution in [3.63, 3.8) is 0 Å². The molecule has 0 radical (unpaired) electrons. The van der Waals surface area contributed by atoms with Crippen LogP contribution in [0.25, 0.3) is 11.0 Å². The number of hydrogen-bond acceptors (Lipinski definition) is 5. The Morgan fingerprint density at radius 2 is 2.17 bits per heavy atom. The summed E-state index contributed by atoms with van der Waals surface area (Å²) in [6.07, 6.45) is 1.71. The van der Waals surface area contributed by atoms with Crippen molar-refractivity contribution < 1.29 is 4.92 Å². The van der Waals surface area contributed by atoms with Gasteiger partial charge < -0.3 is 15.6 Å². The first kappa shape index (κ1) is 20.1. The molecule has 0 unspecified atom stereocenters. The molecule has 128 valence electrons. The van der Waals surface area contributed by atoms with Crippen molar-refractivity contribution in [2.75, 3.05) is 18.4 Å². The minimum Gasteiger partial charge on any atom is -0.356 e. The molecule has 0 saturated heterocycles. The van der Waals surface area contributed by atoms with Gasteiger partial charge in [0.15, 0.2) is 5.52 Å². The summed E-state index contributed by atoms with van der Waals surface area (Å²) in [5.41, 5.74) is 6.59. The number of nitrogens with one attached hydrogen (secondary N) is 1. The molecule has 2 rings (SSSR count). The highest BCUT2D eigenvalue weighted by Crippen LogP contribution is 2.39. The van der Waals surface area contributed by atoms with E-state index in [0.29, 0.717) is 33.5 Å². The Morgan fingerprint density at radius 1 is 1.48 bits per heavy atom. The fourth-order valence-corrected chi connectivity index (χ4v) is 3.09. The standard InChI is InChI=1S/C13H17Br2N5O2.ClH/c1-2-6-19-9-7-8(14)10(15)12(20(21)22)11(9)18-13(19)17-5-3-4-16;/h7H,2-6,16H2,1H3,(H,17,18);1H. The van der Waals surface area contributed by atoms with Crippen LogP contribution < -0.4 is 11.1 Å². The van der Waals surface area contributed by atoms with Gasteiger partial charge in [0.05, 0.1) is 10.4 Å². The molecule has 23 heavy (non-hydrogen) atoms. The second kappa shape index (κ2) is 8.81. The number of nitrogens with two attached hydrogens (primary N) is 1. The van der Waals surface area contributed by atoms with Gasteiger partial charge in [0.1, 0.15) is 4.47 Å². The van der Waals surface area contributed by atoms with Gasteiger partial charge in [-0.2, -0.15) is 0 Å². The monoisotopic (exact) mass is 469 g/mol. The van der Waals surface area contributed by atoms with E-state index in [1.165, 1.54) is 0 Å². The number of nitro benzene ring substituents is 1. The summed E-state index contributed by atoms with van der Waals surface area (Å²) in [6, 6.07) is 1.85. The first-order chi connectivity index (χ1) is 10.5. The topological polar surface area (TPSA) is 99.0 Å². The first-order valence-electron chi connectivity index (χ1n) is 6.97. The molecule has 1 aromatic carbocycles. The second-order valence-electron chi connectivity index (χ2n) is 4.80. The van der Waals surface area contributed by atoms with E-state index in [-0.39, 0.29) is 18.1 Å². The van der Waals surface area contributed by atoms with Crippen LogP contribution in [0, 0.1) is 10.1 Å². The van der Waals surface area contributed by atoms with Crippen molar-refractivity contribution in [2.24, 2.45) is 5.73 Å². The van der Waals surface area contributed by atoms with Gasteiger partial charge in [-0.3, -0.25) is 10.1 Å². The van der Waals surface area contributed by atoms with Crippen LogP contribution in [-0.4, -0.2) is 27.6 Å². The van der Waals surface area contributed by atoms with E-state index in [0.717, 1.165) is 24.9 Å². The van der Waals surface area contributed by atoms with Crippen LogP contribution >= 0.6 is 44.3 Å². The van der Waals surface area contributed by atoms with Crippen LogP contribution in [-0.2, 0) is 6.54 Å². The highest BCUT2D eigenvalue weighted by Gasteiger charge is 2.25. The number of aromatic nitrogens is 2. The summed E-state index contributed by atoms with van der Waals surface area (Å²) in [5.74, 6) is 0.637. The van der Waals surface area contributed by atoms with Gasteiger partial charge >= 0.3 is 5.69 Å². The van der Waals surface area contributed by atoms with Crippen molar-refractivity contribution in [3.8, 4) is 0 Å². The summed E-state index contributed by atoms with van der Waals surface area (Å²) in [7, 11) is 0. The Morgan fingerprint density at radius 3 is 2.74 bits per heavy atom. The number of nitro groups is 1. The van der Waals surface area contributed by atoms with Crippen molar-refractivity contribution in [3.05, 3.63) is 25.1 Å². The van der Waals surface area contributed by atoms with Crippen LogP contribution in [0.2, 0.25) is 0 Å². The number of imidazole rings is 1. The fraction of sp³-hybridized carbons (Fsp3) is 0.462. The molecule has 3 N–H and O–H groups in total. The third kappa shape index (κ3) is 4.14. The lowest BCUT2D eigenvalue weighted by Crippen LogP contribution is -2.12. The van der Waals surface area contributed by atoms with Crippen LogP contribution in [0.3, 0.4) is 0 Å². The van der Waals surface area contributed by atoms with Gasteiger partial charge in [-0.15, -0.1) is 12.4 Å². The number of anilines is 1. The van der Waals surface area contributed by atoms with Gasteiger partial charge in [0.25, 0.3) is 0 Å². The van der Waals surface area contributed by atoms with E-state index in [1.807, 2.05) is 10.6 Å². The Kier molecular flexibility index (Phi) is 7.72. The number of hydrogen-bond donors (Lipinski definition) is 2. The van der Waals surface area contributed by atoms with Crippen molar-refractivity contribution >= 4 is 66.9 Å². The summed E-state index contributed by atoms with van der Waals surface area (Å²) in [5, 5.41) is 14.6. The maximum Gasteiger partial charge on any atom is 0.312 e. The molecule has 0 aliphatic carbocycles. The zero-order chi connectivity index (χ0) is 16.3. The lowest BCUT2D eigenvalue weighted by Gasteiger charge is -2.09. The molecule has 1 aromatic heterocycles. The number of benzene rings is 1. The van der Waals surface area contributed by atoms with E-state index < -0.39 is 4.92 Å². The third-order valence-corrected chi connectivity index (χ3v) is 5.17. The molecular formula is C13H18Br2ClN5O2. The molecule has 1 heterocycles. The predicted octanol–water partition coefficient (Wildman–Crippen LogP) is 4.06. The molecule has 0 fully saturated rings. The fourth-order valence-electron chi connectivity index (χ4n) is 2.24. The minimum atomic E-state index is -0.413. The molecule has 0 bridgehead atoms. The van der Waals surface area contributed by atoms with E-state index in [1.54, 1.807) is 0 Å². The molecule has 0 aliphatic heterocycles. The van der Waals surface area contributed by atoms with Gasteiger partial charge in [-0.05, 0) is 57.3 Å². The summed E-state index contributed by atoms with van der Waals surface area (Å²) in [4.78, 5) is 15.4. The zero-order valence-electron chi connectivity index (χ0n) is 12.5. The van der Waals surface area contributed by atoms with Gasteiger partial charge in [-0.1, -0.05) is 6.92 Å². The molecule has 10 heteroatoms. The first-order valence-corrected chi connectivity index (χ1v) is 8.56. The number of aryl methyl sites for hydroxylation is 1. The van der Waals surface area contributed by atoms with Crippen molar-refractivity contribution in [2.45, 2.75) is 26.3 Å². The molecule has 0 amide bonds. The summed E-state index contributed by atoms with van der Waals surface area (Å²) < 4.78 is 3.01. The molecule has 0 spiro atoms. The highest BCUT2D eigenvalue weighted by atomic mass is 79.9. The van der Waals surface area contributed by atoms with Crippen molar-refractivity contribution in [1.29, 1.82) is 0 Å². The smallest absolute Gasteiger partial charge is 0.312 e. The quantitative estimate of drug-likeness (QED) is 0.360. The Hall–Kier alpha value is -0.900. The maximum absolute atomic E-state index is 11.4. The highest BCUT2D eigenvalue weighted by molar-refractivity contribution is 9.13. The summed E-state index contributed by atoms with van der Waals surface area (Å²) in [6.45, 7) is 4.04. The average molecular weight is 472 g/mol. The third-order valence-electron chi connectivity index (χ3n) is 3.21. The summed E-state index contributed by atoms with van der Waals surface area (Å²) >= 11 is 6.63. The second-order valence-corrected chi connectivity index (χ2v) is 6.45. The molecule has 2 aromatic rings. The van der Waals surface area contributed by atoms with E-state index in [4.69, 9.17) is 5.73 Å². The average Bonchev–Trinajstić information content (AvgIpc) is 2.78. The van der Waals surface area contributed by atoms with Crippen LogP contribution in [0.15, 0.2) is 15.0 Å². The molecule has 7 nitrogen and oxygen atoms in total. The lowest BCUT2D eigenvalue weighted by molar-refractivity contribution is -0.384. The van der Waals surface area contributed by atoms with Gasteiger partial charge in [-0.25, -0.2) is 4.98 Å². The SMILES string of the molecule is CCCn1c(NCCCN)nc2c([N+](=O)[O-])c(Br)c(Br)cc21.Cl. The van der Waals surface area contributed by atoms with Crippen molar-refractivity contribution in [1.82, 2.24) is 9.55 Å². The normalized spacial score (nSPS) is 10.6. The Balaban J connectivity index is 0.00000264. The zero-order valence-corrected chi connectivity index (χ0v) is 16.5. The Bertz CT molecular complexity index is 707. The lowest BCUT2D eigenvalue weighted by atomic mass is 10.2. The molecule has 0 saturated carbocycles. The van der Waals surface area contributed by atoms with Gasteiger partial charge in [0.2, 0.25) is 5.95 Å². The van der Waals surface area contributed by atoms with Crippen LogP contribution in [0.1, 0.15) is 19.8 Å². The van der Waals surface area contributed by atoms with Crippen LogP contribution in [0.5, 0.6) is 0 Å². The predicted molar refractivity (Wildman–Crippen MR) is 101 cm³/mol. The number of fused-ring (bicyclic) bond motifs is 1. The van der Waals surface area contributed by atoms with E-state index in [9.17, 15) is 10.1 Å². The number of rotatable bonds is 7.